The highest BCUT2D eigenvalue weighted by atomic mass is 16.5. The summed E-state index contributed by atoms with van der Waals surface area (Å²) in [5.74, 6) is 1.42. The second-order valence-electron chi connectivity index (χ2n) is 5.82. The molecule has 0 amide bonds. The number of benzene rings is 1. The van der Waals surface area contributed by atoms with Gasteiger partial charge >= 0.3 is 0 Å². The van der Waals surface area contributed by atoms with Gasteiger partial charge in [-0.3, -0.25) is 0 Å². The van der Waals surface area contributed by atoms with Crippen LogP contribution >= 0.6 is 0 Å². The molecule has 0 radical (unpaired) electrons. The van der Waals surface area contributed by atoms with Gasteiger partial charge in [0, 0.05) is 19.7 Å². The van der Waals surface area contributed by atoms with Crippen molar-refractivity contribution in [2.45, 2.75) is 26.9 Å². The second kappa shape index (κ2) is 7.27. The number of nitrogens with zero attached hydrogens (tertiary/aromatic N) is 2. The van der Waals surface area contributed by atoms with Crippen LogP contribution in [0.3, 0.4) is 0 Å². The van der Waals surface area contributed by atoms with Crippen molar-refractivity contribution >= 4 is 0 Å². The number of hydrogen-bond acceptors (Lipinski definition) is 3. The molecule has 1 N–H and O–H groups in total. The summed E-state index contributed by atoms with van der Waals surface area (Å²) in [6.45, 7) is 8.15. The lowest BCUT2D eigenvalue weighted by atomic mass is 10.1. The van der Waals surface area contributed by atoms with E-state index >= 15 is 0 Å². The standard InChI is InChI=1S/C17H25N3O/c1-13(2)11-18-12-16(15-8-6-5-7-9-15)21-17-10-14(3)19-20(17)4/h5-10,13,16,18H,11-12H2,1-4H3. The van der Waals surface area contributed by atoms with Gasteiger partial charge in [0.05, 0.1) is 5.69 Å². The molecule has 1 aromatic heterocycles. The summed E-state index contributed by atoms with van der Waals surface area (Å²) in [6.07, 6.45) is -0.0141. The fourth-order valence-electron chi connectivity index (χ4n) is 2.24. The van der Waals surface area contributed by atoms with Crippen LogP contribution in [0.2, 0.25) is 0 Å². The predicted octanol–water partition coefficient (Wildman–Crippen LogP) is 3.09. The zero-order valence-corrected chi connectivity index (χ0v) is 13.3. The summed E-state index contributed by atoms with van der Waals surface area (Å²) in [5, 5.41) is 7.81. The molecule has 114 valence electrons. The summed E-state index contributed by atoms with van der Waals surface area (Å²) >= 11 is 0. The molecule has 1 heterocycles. The number of hydrogen-bond donors (Lipinski definition) is 1. The molecule has 0 bridgehead atoms. The molecule has 0 saturated carbocycles. The maximum atomic E-state index is 6.17. The molecule has 0 fully saturated rings. The van der Waals surface area contributed by atoms with Crippen molar-refractivity contribution in [3.8, 4) is 5.88 Å². The second-order valence-corrected chi connectivity index (χ2v) is 5.82. The van der Waals surface area contributed by atoms with Crippen molar-refractivity contribution in [1.29, 1.82) is 0 Å². The summed E-state index contributed by atoms with van der Waals surface area (Å²) in [7, 11) is 1.91. The normalized spacial score (nSPS) is 12.6. The van der Waals surface area contributed by atoms with Crippen LogP contribution < -0.4 is 10.1 Å². The van der Waals surface area contributed by atoms with E-state index < -0.39 is 0 Å². The van der Waals surface area contributed by atoms with E-state index in [9.17, 15) is 0 Å². The Morgan fingerprint density at radius 3 is 2.48 bits per heavy atom. The van der Waals surface area contributed by atoms with Crippen molar-refractivity contribution in [3.05, 3.63) is 47.7 Å². The molecule has 2 rings (SSSR count). The molecular weight excluding hydrogens is 262 g/mol. The van der Waals surface area contributed by atoms with E-state index in [0.29, 0.717) is 5.92 Å². The van der Waals surface area contributed by atoms with Crippen LogP contribution in [0.1, 0.15) is 31.2 Å². The van der Waals surface area contributed by atoms with Gasteiger partial charge in [0.25, 0.3) is 0 Å². The molecule has 1 aromatic carbocycles. The zero-order chi connectivity index (χ0) is 15.2. The van der Waals surface area contributed by atoms with E-state index in [2.05, 4.69) is 36.4 Å². The van der Waals surface area contributed by atoms with Crippen LogP contribution in [-0.4, -0.2) is 22.9 Å². The first-order valence-electron chi connectivity index (χ1n) is 7.49. The highest BCUT2D eigenvalue weighted by molar-refractivity contribution is 5.21. The van der Waals surface area contributed by atoms with Crippen LogP contribution in [0.25, 0.3) is 0 Å². The molecular formula is C17H25N3O. The predicted molar refractivity (Wildman–Crippen MR) is 85.5 cm³/mol. The lowest BCUT2D eigenvalue weighted by molar-refractivity contribution is 0.183. The van der Waals surface area contributed by atoms with Gasteiger partial charge in [-0.05, 0) is 24.9 Å². The zero-order valence-electron chi connectivity index (χ0n) is 13.3. The molecule has 4 nitrogen and oxygen atoms in total. The Kier molecular flexibility index (Phi) is 5.39. The Bertz CT molecular complexity index is 548. The number of rotatable bonds is 7. The molecule has 1 atom stereocenters. The highest BCUT2D eigenvalue weighted by Crippen LogP contribution is 2.21. The van der Waals surface area contributed by atoms with Crippen LogP contribution in [0.5, 0.6) is 5.88 Å². The van der Waals surface area contributed by atoms with Crippen molar-refractivity contribution in [2.75, 3.05) is 13.1 Å². The maximum Gasteiger partial charge on any atom is 0.212 e. The highest BCUT2D eigenvalue weighted by Gasteiger charge is 2.15. The third-order valence-electron chi connectivity index (χ3n) is 3.28. The fraction of sp³-hybridized carbons (Fsp3) is 0.471. The number of aromatic nitrogens is 2. The van der Waals surface area contributed by atoms with Crippen molar-refractivity contribution in [2.24, 2.45) is 13.0 Å². The topological polar surface area (TPSA) is 39.1 Å². The van der Waals surface area contributed by atoms with Crippen molar-refractivity contribution < 1.29 is 4.74 Å². The molecule has 0 saturated heterocycles. The first-order chi connectivity index (χ1) is 10.1. The minimum Gasteiger partial charge on any atom is -0.468 e. The lowest BCUT2D eigenvalue weighted by Crippen LogP contribution is -2.28. The minimum absolute atomic E-state index is 0.0141. The molecule has 21 heavy (non-hydrogen) atoms. The number of nitrogens with one attached hydrogen (secondary N) is 1. The van der Waals surface area contributed by atoms with E-state index in [1.165, 1.54) is 5.56 Å². The average molecular weight is 287 g/mol. The molecule has 0 spiro atoms. The third-order valence-corrected chi connectivity index (χ3v) is 3.28. The molecule has 2 aromatic rings. The minimum atomic E-state index is -0.0141. The third kappa shape index (κ3) is 4.60. The van der Waals surface area contributed by atoms with Gasteiger partial charge < -0.3 is 10.1 Å². The van der Waals surface area contributed by atoms with Gasteiger partial charge in [0.1, 0.15) is 6.10 Å². The Hall–Kier alpha value is -1.81. The molecule has 1 unspecified atom stereocenters. The average Bonchev–Trinajstić information content (AvgIpc) is 2.76. The summed E-state index contributed by atoms with van der Waals surface area (Å²) < 4.78 is 7.96. The lowest BCUT2D eigenvalue weighted by Gasteiger charge is -2.20. The summed E-state index contributed by atoms with van der Waals surface area (Å²) in [4.78, 5) is 0. The Morgan fingerprint density at radius 1 is 1.19 bits per heavy atom. The smallest absolute Gasteiger partial charge is 0.212 e. The van der Waals surface area contributed by atoms with Crippen molar-refractivity contribution in [3.63, 3.8) is 0 Å². The van der Waals surface area contributed by atoms with Gasteiger partial charge in [-0.25, -0.2) is 4.68 Å². The fourth-order valence-corrected chi connectivity index (χ4v) is 2.24. The van der Waals surface area contributed by atoms with Crippen molar-refractivity contribution in [1.82, 2.24) is 15.1 Å². The molecule has 0 aliphatic heterocycles. The van der Waals surface area contributed by atoms with E-state index in [1.54, 1.807) is 4.68 Å². The van der Waals surface area contributed by atoms with Crippen LogP contribution in [0, 0.1) is 12.8 Å². The molecule has 0 aliphatic rings. The van der Waals surface area contributed by atoms with Gasteiger partial charge in [0.2, 0.25) is 5.88 Å². The van der Waals surface area contributed by atoms with Crippen LogP contribution in [-0.2, 0) is 7.05 Å². The Balaban J connectivity index is 2.10. The summed E-state index contributed by atoms with van der Waals surface area (Å²) in [6, 6.07) is 12.3. The first kappa shape index (κ1) is 15.6. The quantitative estimate of drug-likeness (QED) is 0.850. The monoisotopic (exact) mass is 287 g/mol. The maximum absolute atomic E-state index is 6.17. The van der Waals surface area contributed by atoms with Gasteiger partial charge in [-0.1, -0.05) is 44.2 Å². The molecule has 0 aliphatic carbocycles. The van der Waals surface area contributed by atoms with Gasteiger partial charge in [-0.2, -0.15) is 5.10 Å². The Morgan fingerprint density at radius 2 is 1.90 bits per heavy atom. The van der Waals surface area contributed by atoms with Gasteiger partial charge in [-0.15, -0.1) is 0 Å². The van der Waals surface area contributed by atoms with E-state index in [0.717, 1.165) is 24.7 Å². The van der Waals surface area contributed by atoms with E-state index in [-0.39, 0.29) is 6.10 Å². The number of ether oxygens (including phenoxy) is 1. The SMILES string of the molecule is Cc1cc(OC(CNCC(C)C)c2ccccc2)n(C)n1. The van der Waals surface area contributed by atoms with Crippen LogP contribution in [0.15, 0.2) is 36.4 Å². The van der Waals surface area contributed by atoms with Gasteiger partial charge in [0.15, 0.2) is 0 Å². The van der Waals surface area contributed by atoms with Crippen LogP contribution in [0.4, 0.5) is 0 Å². The first-order valence-corrected chi connectivity index (χ1v) is 7.49. The largest absolute Gasteiger partial charge is 0.468 e. The van der Waals surface area contributed by atoms with E-state index in [4.69, 9.17) is 4.74 Å². The summed E-state index contributed by atoms with van der Waals surface area (Å²) in [5.41, 5.74) is 2.14. The number of aryl methyl sites for hydroxylation is 2. The molecule has 4 heteroatoms. The van der Waals surface area contributed by atoms with E-state index in [1.807, 2.05) is 38.2 Å². The Labute approximate surface area is 127 Å².